The number of carbonyl (C=O) groups is 2. The topological polar surface area (TPSA) is 61.9 Å². The predicted octanol–water partition coefficient (Wildman–Crippen LogP) is 2.80. The summed E-state index contributed by atoms with van der Waals surface area (Å²) in [5.41, 5.74) is 2.05. The summed E-state index contributed by atoms with van der Waals surface area (Å²) in [6.07, 6.45) is 1.74. The first-order valence-electron chi connectivity index (χ1n) is 10.8. The molecule has 0 radical (unpaired) electrons. The van der Waals surface area contributed by atoms with Crippen molar-refractivity contribution in [3.63, 3.8) is 0 Å². The summed E-state index contributed by atoms with van der Waals surface area (Å²) in [6.45, 7) is 4.71. The lowest BCUT2D eigenvalue weighted by Gasteiger charge is -2.35. The molecule has 2 aliphatic rings. The molecule has 2 amide bonds. The molecule has 0 spiro atoms. The molecule has 4 rings (SSSR count). The summed E-state index contributed by atoms with van der Waals surface area (Å²) in [4.78, 5) is 29.3. The van der Waals surface area contributed by atoms with Gasteiger partial charge in [0.1, 0.15) is 12.4 Å². The van der Waals surface area contributed by atoms with Crippen molar-refractivity contribution in [2.75, 3.05) is 44.6 Å². The van der Waals surface area contributed by atoms with Crippen molar-refractivity contribution in [1.29, 1.82) is 0 Å². The Labute approximate surface area is 177 Å². The fourth-order valence-electron chi connectivity index (χ4n) is 4.13. The molecule has 158 valence electrons. The minimum absolute atomic E-state index is 0.0322. The van der Waals surface area contributed by atoms with Gasteiger partial charge in [0.25, 0.3) is 0 Å². The lowest BCUT2D eigenvalue weighted by atomic mass is 9.89. The third-order valence-corrected chi connectivity index (χ3v) is 5.96. The number of carbonyl (C=O) groups excluding carboxylic acids is 2. The fraction of sp³-hybridized carbons (Fsp3) is 0.417. The Hall–Kier alpha value is -2.86. The number of hydrogen-bond donors (Lipinski definition) is 1. The van der Waals surface area contributed by atoms with Gasteiger partial charge in [-0.05, 0) is 36.6 Å². The SMILES string of the molecule is O=C1Nc2ccccc2CC1CCC(=O)N1CCN(CCOc2ccccc2)CC1. The van der Waals surface area contributed by atoms with Crippen LogP contribution in [0.15, 0.2) is 54.6 Å². The maximum Gasteiger partial charge on any atom is 0.227 e. The van der Waals surface area contributed by atoms with Crippen molar-refractivity contribution in [3.8, 4) is 5.75 Å². The van der Waals surface area contributed by atoms with Gasteiger partial charge < -0.3 is 15.0 Å². The molecule has 6 nitrogen and oxygen atoms in total. The number of nitrogens with one attached hydrogen (secondary N) is 1. The van der Waals surface area contributed by atoms with Gasteiger partial charge in [0.2, 0.25) is 11.8 Å². The highest BCUT2D eigenvalue weighted by atomic mass is 16.5. The number of ether oxygens (including phenoxy) is 1. The van der Waals surface area contributed by atoms with E-state index in [1.165, 1.54) is 0 Å². The smallest absolute Gasteiger partial charge is 0.227 e. The number of fused-ring (bicyclic) bond motifs is 1. The minimum atomic E-state index is -0.125. The molecule has 0 aliphatic carbocycles. The van der Waals surface area contributed by atoms with Crippen LogP contribution in [0, 0.1) is 5.92 Å². The predicted molar refractivity (Wildman–Crippen MR) is 116 cm³/mol. The van der Waals surface area contributed by atoms with Crippen LogP contribution in [0.2, 0.25) is 0 Å². The monoisotopic (exact) mass is 407 g/mol. The average Bonchev–Trinajstić information content (AvgIpc) is 2.78. The van der Waals surface area contributed by atoms with Crippen molar-refractivity contribution in [2.45, 2.75) is 19.3 Å². The molecule has 2 aromatic carbocycles. The molecular formula is C24H29N3O3. The molecule has 1 unspecified atom stereocenters. The first kappa shape index (κ1) is 20.4. The van der Waals surface area contributed by atoms with Crippen LogP contribution >= 0.6 is 0 Å². The summed E-state index contributed by atoms with van der Waals surface area (Å²) in [5.74, 6) is 0.951. The van der Waals surface area contributed by atoms with E-state index in [-0.39, 0.29) is 17.7 Å². The van der Waals surface area contributed by atoms with Crippen molar-refractivity contribution < 1.29 is 14.3 Å². The van der Waals surface area contributed by atoms with Crippen molar-refractivity contribution >= 4 is 17.5 Å². The number of piperazine rings is 1. The maximum atomic E-state index is 12.6. The Morgan fingerprint density at radius 3 is 2.53 bits per heavy atom. The van der Waals surface area contributed by atoms with E-state index >= 15 is 0 Å². The third kappa shape index (κ3) is 5.19. The first-order valence-corrected chi connectivity index (χ1v) is 10.8. The van der Waals surface area contributed by atoms with Crippen LogP contribution in [0.25, 0.3) is 0 Å². The summed E-state index contributed by atoms with van der Waals surface area (Å²) in [6, 6.07) is 17.7. The average molecular weight is 408 g/mol. The molecule has 30 heavy (non-hydrogen) atoms. The van der Waals surface area contributed by atoms with E-state index in [1.54, 1.807) is 0 Å². The molecule has 1 atom stereocenters. The Bertz CT molecular complexity index is 863. The molecule has 1 saturated heterocycles. The summed E-state index contributed by atoms with van der Waals surface area (Å²) in [5, 5.41) is 2.97. The van der Waals surface area contributed by atoms with Gasteiger partial charge in [0.05, 0.1) is 0 Å². The normalized spacial score (nSPS) is 19.1. The molecule has 2 aliphatic heterocycles. The molecule has 1 fully saturated rings. The number of nitrogens with zero attached hydrogens (tertiary/aromatic N) is 2. The summed E-state index contributed by atoms with van der Waals surface area (Å²) in [7, 11) is 0. The highest BCUT2D eigenvalue weighted by molar-refractivity contribution is 5.96. The van der Waals surface area contributed by atoms with E-state index in [0.29, 0.717) is 25.9 Å². The van der Waals surface area contributed by atoms with Gasteiger partial charge in [-0.3, -0.25) is 14.5 Å². The molecule has 2 heterocycles. The lowest BCUT2D eigenvalue weighted by Crippen LogP contribution is -2.49. The highest BCUT2D eigenvalue weighted by Gasteiger charge is 2.28. The Kier molecular flexibility index (Phi) is 6.64. The van der Waals surface area contributed by atoms with Gasteiger partial charge in [-0.1, -0.05) is 36.4 Å². The molecular weight excluding hydrogens is 378 g/mol. The molecule has 2 aromatic rings. The Morgan fingerprint density at radius 1 is 1.00 bits per heavy atom. The van der Waals surface area contributed by atoms with Crippen LogP contribution in [-0.4, -0.2) is 60.9 Å². The van der Waals surface area contributed by atoms with Crippen molar-refractivity contribution in [2.24, 2.45) is 5.92 Å². The molecule has 0 saturated carbocycles. The van der Waals surface area contributed by atoms with E-state index in [9.17, 15) is 9.59 Å². The van der Waals surface area contributed by atoms with E-state index < -0.39 is 0 Å². The van der Waals surface area contributed by atoms with E-state index in [1.807, 2.05) is 59.5 Å². The van der Waals surface area contributed by atoms with Crippen molar-refractivity contribution in [3.05, 3.63) is 60.2 Å². The standard InChI is InChI=1S/C24H29N3O3/c28-23(11-10-20-18-19-6-4-5-9-22(19)25-24(20)29)27-14-12-26(13-15-27)16-17-30-21-7-2-1-3-8-21/h1-9,20H,10-18H2,(H,25,29). The van der Waals surface area contributed by atoms with Crippen LogP contribution in [0.3, 0.4) is 0 Å². The maximum absolute atomic E-state index is 12.6. The van der Waals surface area contributed by atoms with Gasteiger partial charge in [0.15, 0.2) is 0 Å². The Morgan fingerprint density at radius 2 is 1.73 bits per heavy atom. The molecule has 1 N–H and O–H groups in total. The number of rotatable bonds is 7. The molecule has 0 bridgehead atoms. The number of amides is 2. The highest BCUT2D eigenvalue weighted by Crippen LogP contribution is 2.27. The zero-order valence-electron chi connectivity index (χ0n) is 17.3. The van der Waals surface area contributed by atoms with Crippen LogP contribution < -0.4 is 10.1 Å². The summed E-state index contributed by atoms with van der Waals surface area (Å²) >= 11 is 0. The van der Waals surface area contributed by atoms with E-state index in [0.717, 1.165) is 49.7 Å². The second-order valence-electron chi connectivity index (χ2n) is 7.97. The summed E-state index contributed by atoms with van der Waals surface area (Å²) < 4.78 is 5.76. The lowest BCUT2D eigenvalue weighted by molar-refractivity contribution is -0.133. The van der Waals surface area contributed by atoms with Gasteiger partial charge in [-0.2, -0.15) is 0 Å². The van der Waals surface area contributed by atoms with Gasteiger partial charge in [-0.15, -0.1) is 0 Å². The number of benzene rings is 2. The fourth-order valence-corrected chi connectivity index (χ4v) is 4.13. The van der Waals surface area contributed by atoms with Crippen LogP contribution in [-0.2, 0) is 16.0 Å². The second kappa shape index (κ2) is 9.76. The van der Waals surface area contributed by atoms with Crippen LogP contribution in [0.4, 0.5) is 5.69 Å². The largest absolute Gasteiger partial charge is 0.492 e. The molecule has 6 heteroatoms. The minimum Gasteiger partial charge on any atom is -0.492 e. The van der Waals surface area contributed by atoms with E-state index in [2.05, 4.69) is 10.2 Å². The van der Waals surface area contributed by atoms with Crippen molar-refractivity contribution in [1.82, 2.24) is 9.80 Å². The quantitative estimate of drug-likeness (QED) is 0.767. The van der Waals surface area contributed by atoms with Gasteiger partial charge in [-0.25, -0.2) is 0 Å². The van der Waals surface area contributed by atoms with Crippen LogP contribution in [0.1, 0.15) is 18.4 Å². The number of anilines is 1. The number of para-hydroxylation sites is 2. The van der Waals surface area contributed by atoms with Crippen LogP contribution in [0.5, 0.6) is 5.75 Å². The zero-order valence-corrected chi connectivity index (χ0v) is 17.3. The Balaban J connectivity index is 1.16. The van der Waals surface area contributed by atoms with Gasteiger partial charge in [0, 0.05) is 50.7 Å². The second-order valence-corrected chi connectivity index (χ2v) is 7.97. The zero-order chi connectivity index (χ0) is 20.8. The first-order chi connectivity index (χ1) is 14.7. The van der Waals surface area contributed by atoms with E-state index in [4.69, 9.17) is 4.74 Å². The van der Waals surface area contributed by atoms with Gasteiger partial charge >= 0.3 is 0 Å². The molecule has 0 aromatic heterocycles. The third-order valence-electron chi connectivity index (χ3n) is 5.96. The number of hydrogen-bond acceptors (Lipinski definition) is 4.